The molecular formula is C13H18BrClN2. The Morgan fingerprint density at radius 1 is 1.41 bits per heavy atom. The SMILES string of the molecule is CC(Nc1ncc(Br)cc1Cl)C1CCCCC1. The Morgan fingerprint density at radius 2 is 2.12 bits per heavy atom. The van der Waals surface area contributed by atoms with E-state index in [4.69, 9.17) is 11.6 Å². The number of nitrogens with one attached hydrogen (secondary N) is 1. The number of pyridine rings is 1. The summed E-state index contributed by atoms with van der Waals surface area (Å²) >= 11 is 9.52. The zero-order valence-electron chi connectivity index (χ0n) is 10.0. The maximum atomic E-state index is 6.16. The Hall–Kier alpha value is -0.280. The molecule has 0 aliphatic heterocycles. The van der Waals surface area contributed by atoms with Crippen LogP contribution in [-0.2, 0) is 0 Å². The molecular weight excluding hydrogens is 300 g/mol. The summed E-state index contributed by atoms with van der Waals surface area (Å²) in [4.78, 5) is 4.32. The first-order chi connectivity index (χ1) is 8.16. The van der Waals surface area contributed by atoms with E-state index in [1.807, 2.05) is 6.07 Å². The standard InChI is InChI=1S/C13H18BrClN2/c1-9(10-5-3-2-4-6-10)17-13-12(15)7-11(14)8-16-13/h7-10H,2-6H2,1H3,(H,16,17). The van der Waals surface area contributed by atoms with Crippen LogP contribution in [0.25, 0.3) is 0 Å². The van der Waals surface area contributed by atoms with Crippen molar-refractivity contribution >= 4 is 33.3 Å². The minimum atomic E-state index is 0.446. The van der Waals surface area contributed by atoms with Crippen LogP contribution in [0.3, 0.4) is 0 Å². The molecule has 1 atom stereocenters. The van der Waals surface area contributed by atoms with Gasteiger partial charge >= 0.3 is 0 Å². The van der Waals surface area contributed by atoms with E-state index in [2.05, 4.69) is 33.2 Å². The van der Waals surface area contributed by atoms with Crippen molar-refractivity contribution in [1.29, 1.82) is 0 Å². The number of hydrogen-bond donors (Lipinski definition) is 1. The van der Waals surface area contributed by atoms with Crippen molar-refractivity contribution in [1.82, 2.24) is 4.98 Å². The molecule has 1 aliphatic rings. The van der Waals surface area contributed by atoms with Crippen molar-refractivity contribution < 1.29 is 0 Å². The Labute approximate surface area is 116 Å². The van der Waals surface area contributed by atoms with Gasteiger partial charge < -0.3 is 5.32 Å². The fraction of sp³-hybridized carbons (Fsp3) is 0.615. The summed E-state index contributed by atoms with van der Waals surface area (Å²) < 4.78 is 0.915. The molecule has 1 unspecified atom stereocenters. The zero-order chi connectivity index (χ0) is 12.3. The van der Waals surface area contributed by atoms with Crippen LogP contribution in [0.1, 0.15) is 39.0 Å². The molecule has 4 heteroatoms. The van der Waals surface area contributed by atoms with Gasteiger partial charge in [-0.3, -0.25) is 0 Å². The van der Waals surface area contributed by atoms with Crippen LogP contribution >= 0.6 is 27.5 Å². The van der Waals surface area contributed by atoms with Crippen LogP contribution in [-0.4, -0.2) is 11.0 Å². The molecule has 0 saturated heterocycles. The first-order valence-corrected chi connectivity index (χ1v) is 7.41. The monoisotopic (exact) mass is 316 g/mol. The van der Waals surface area contributed by atoms with E-state index in [0.717, 1.165) is 16.2 Å². The first kappa shape index (κ1) is 13.2. The largest absolute Gasteiger partial charge is 0.366 e. The molecule has 1 fully saturated rings. The molecule has 1 aliphatic carbocycles. The lowest BCUT2D eigenvalue weighted by atomic mass is 9.84. The second kappa shape index (κ2) is 6.05. The van der Waals surface area contributed by atoms with Crippen molar-refractivity contribution in [2.75, 3.05) is 5.32 Å². The summed E-state index contributed by atoms with van der Waals surface area (Å²) in [5, 5.41) is 4.13. The Balaban J connectivity index is 1.99. The molecule has 1 aromatic heterocycles. The highest BCUT2D eigenvalue weighted by atomic mass is 79.9. The lowest BCUT2D eigenvalue weighted by Gasteiger charge is -2.28. The van der Waals surface area contributed by atoms with Crippen molar-refractivity contribution in [2.45, 2.75) is 45.1 Å². The maximum Gasteiger partial charge on any atom is 0.145 e. The van der Waals surface area contributed by atoms with Gasteiger partial charge in [0.25, 0.3) is 0 Å². The van der Waals surface area contributed by atoms with Crippen molar-refractivity contribution in [2.24, 2.45) is 5.92 Å². The molecule has 94 valence electrons. The summed E-state index contributed by atoms with van der Waals surface area (Å²) in [7, 11) is 0. The highest BCUT2D eigenvalue weighted by molar-refractivity contribution is 9.10. The Morgan fingerprint density at radius 3 is 2.76 bits per heavy atom. The van der Waals surface area contributed by atoms with Crippen LogP contribution in [0, 0.1) is 5.92 Å². The maximum absolute atomic E-state index is 6.16. The van der Waals surface area contributed by atoms with E-state index >= 15 is 0 Å². The van der Waals surface area contributed by atoms with E-state index in [-0.39, 0.29) is 0 Å². The van der Waals surface area contributed by atoms with Gasteiger partial charge in [-0.25, -0.2) is 4.98 Å². The van der Waals surface area contributed by atoms with Crippen LogP contribution in [0.2, 0.25) is 5.02 Å². The summed E-state index contributed by atoms with van der Waals surface area (Å²) in [5.74, 6) is 1.55. The minimum Gasteiger partial charge on any atom is -0.366 e. The van der Waals surface area contributed by atoms with Crippen LogP contribution in [0.5, 0.6) is 0 Å². The van der Waals surface area contributed by atoms with Gasteiger partial charge in [-0.05, 0) is 47.7 Å². The Kier molecular flexibility index (Phi) is 4.69. The molecule has 1 N–H and O–H groups in total. The number of hydrogen-bond acceptors (Lipinski definition) is 2. The summed E-state index contributed by atoms with van der Waals surface area (Å²) in [6.45, 7) is 2.23. The fourth-order valence-corrected chi connectivity index (χ4v) is 3.17. The van der Waals surface area contributed by atoms with Gasteiger partial charge in [-0.15, -0.1) is 0 Å². The summed E-state index contributed by atoms with van der Waals surface area (Å²) in [5.41, 5.74) is 0. The van der Waals surface area contributed by atoms with Crippen LogP contribution in [0.15, 0.2) is 16.7 Å². The molecule has 0 radical (unpaired) electrons. The second-order valence-corrected chi connectivity index (χ2v) is 6.14. The lowest BCUT2D eigenvalue weighted by Crippen LogP contribution is -2.28. The number of anilines is 1. The summed E-state index contributed by atoms with van der Waals surface area (Å²) in [6, 6.07) is 2.33. The number of rotatable bonds is 3. The van der Waals surface area contributed by atoms with Crippen LogP contribution < -0.4 is 5.32 Å². The van der Waals surface area contributed by atoms with E-state index in [9.17, 15) is 0 Å². The fourth-order valence-electron chi connectivity index (χ4n) is 2.49. The van der Waals surface area contributed by atoms with E-state index in [1.54, 1.807) is 6.20 Å². The quantitative estimate of drug-likeness (QED) is 0.859. The van der Waals surface area contributed by atoms with Crippen LogP contribution in [0.4, 0.5) is 5.82 Å². The molecule has 1 aromatic rings. The van der Waals surface area contributed by atoms with Gasteiger partial charge in [0, 0.05) is 16.7 Å². The molecule has 1 saturated carbocycles. The lowest BCUT2D eigenvalue weighted by molar-refractivity contribution is 0.328. The second-order valence-electron chi connectivity index (χ2n) is 4.82. The van der Waals surface area contributed by atoms with E-state index < -0.39 is 0 Å². The molecule has 17 heavy (non-hydrogen) atoms. The third-order valence-corrected chi connectivity index (χ3v) is 4.25. The normalized spacial score (nSPS) is 19.0. The number of nitrogens with zero attached hydrogens (tertiary/aromatic N) is 1. The number of halogens is 2. The average molecular weight is 318 g/mol. The molecule has 0 amide bonds. The molecule has 0 aromatic carbocycles. The highest BCUT2D eigenvalue weighted by Gasteiger charge is 2.20. The topological polar surface area (TPSA) is 24.9 Å². The number of aromatic nitrogens is 1. The molecule has 2 nitrogen and oxygen atoms in total. The zero-order valence-corrected chi connectivity index (χ0v) is 12.4. The molecule has 2 rings (SSSR count). The Bertz CT molecular complexity index is 378. The predicted octanol–water partition coefficient (Wildman–Crippen LogP) is 4.88. The predicted molar refractivity (Wildman–Crippen MR) is 76.6 cm³/mol. The third-order valence-electron chi connectivity index (χ3n) is 3.53. The van der Waals surface area contributed by atoms with Gasteiger partial charge in [0.05, 0.1) is 5.02 Å². The molecule has 1 heterocycles. The minimum absolute atomic E-state index is 0.446. The molecule has 0 bridgehead atoms. The highest BCUT2D eigenvalue weighted by Crippen LogP contribution is 2.29. The van der Waals surface area contributed by atoms with Gasteiger partial charge in [-0.2, -0.15) is 0 Å². The van der Waals surface area contributed by atoms with Gasteiger partial charge in [0.1, 0.15) is 5.82 Å². The van der Waals surface area contributed by atoms with Gasteiger partial charge in [-0.1, -0.05) is 30.9 Å². The smallest absolute Gasteiger partial charge is 0.145 e. The van der Waals surface area contributed by atoms with E-state index in [0.29, 0.717) is 11.1 Å². The molecule has 0 spiro atoms. The van der Waals surface area contributed by atoms with Gasteiger partial charge in [0.15, 0.2) is 0 Å². The van der Waals surface area contributed by atoms with Crippen molar-refractivity contribution in [3.8, 4) is 0 Å². The third kappa shape index (κ3) is 3.59. The average Bonchev–Trinajstić information content (AvgIpc) is 2.34. The summed E-state index contributed by atoms with van der Waals surface area (Å²) in [6.07, 6.45) is 8.53. The van der Waals surface area contributed by atoms with Gasteiger partial charge in [0.2, 0.25) is 0 Å². The van der Waals surface area contributed by atoms with E-state index in [1.165, 1.54) is 32.1 Å². The van der Waals surface area contributed by atoms with Crippen molar-refractivity contribution in [3.05, 3.63) is 21.8 Å². The first-order valence-electron chi connectivity index (χ1n) is 6.24. The van der Waals surface area contributed by atoms with Crippen molar-refractivity contribution in [3.63, 3.8) is 0 Å².